The number of carbonyl (C=O) groups is 1. The summed E-state index contributed by atoms with van der Waals surface area (Å²) in [5, 5.41) is 3.96. The van der Waals surface area contributed by atoms with E-state index in [-0.39, 0.29) is 11.6 Å². The molecule has 0 unspecified atom stereocenters. The SMILES string of the molecule is O=Cc1cnn(C2CCCCCC2)c1F. The van der Waals surface area contributed by atoms with Crippen LogP contribution >= 0.6 is 0 Å². The molecule has 0 aromatic carbocycles. The minimum Gasteiger partial charge on any atom is -0.298 e. The summed E-state index contributed by atoms with van der Waals surface area (Å²) in [6.45, 7) is 0. The van der Waals surface area contributed by atoms with Crippen molar-refractivity contribution in [2.45, 2.75) is 44.6 Å². The van der Waals surface area contributed by atoms with Crippen LogP contribution in [0, 0.1) is 5.95 Å². The maximum absolute atomic E-state index is 13.6. The topological polar surface area (TPSA) is 34.9 Å². The number of rotatable bonds is 2. The Balaban J connectivity index is 2.19. The summed E-state index contributed by atoms with van der Waals surface area (Å²) in [4.78, 5) is 10.5. The van der Waals surface area contributed by atoms with Crippen molar-refractivity contribution in [2.75, 3.05) is 0 Å². The van der Waals surface area contributed by atoms with Crippen LogP contribution in [0.25, 0.3) is 0 Å². The molecule has 0 bridgehead atoms. The molecule has 1 aliphatic carbocycles. The molecule has 15 heavy (non-hydrogen) atoms. The molecule has 1 aromatic heterocycles. The minimum atomic E-state index is -0.475. The number of halogens is 1. The lowest BCUT2D eigenvalue weighted by atomic mass is 10.1. The van der Waals surface area contributed by atoms with Gasteiger partial charge in [0.15, 0.2) is 6.29 Å². The Morgan fingerprint density at radius 3 is 2.53 bits per heavy atom. The van der Waals surface area contributed by atoms with Crippen LogP contribution in [0.2, 0.25) is 0 Å². The van der Waals surface area contributed by atoms with E-state index in [4.69, 9.17) is 0 Å². The predicted octanol–water partition coefficient (Wildman–Crippen LogP) is 2.73. The summed E-state index contributed by atoms with van der Waals surface area (Å²) >= 11 is 0. The lowest BCUT2D eigenvalue weighted by Crippen LogP contribution is -2.12. The zero-order valence-corrected chi connectivity index (χ0v) is 8.66. The zero-order chi connectivity index (χ0) is 10.7. The average molecular weight is 210 g/mol. The van der Waals surface area contributed by atoms with Crippen molar-refractivity contribution in [2.24, 2.45) is 0 Å². The zero-order valence-electron chi connectivity index (χ0n) is 8.66. The van der Waals surface area contributed by atoms with Gasteiger partial charge in [-0.1, -0.05) is 25.7 Å². The Morgan fingerprint density at radius 2 is 2.00 bits per heavy atom. The number of hydrogen-bond acceptors (Lipinski definition) is 2. The fourth-order valence-corrected chi connectivity index (χ4v) is 2.20. The standard InChI is InChI=1S/C11H15FN2O/c12-11-9(8-15)7-13-14(11)10-5-3-1-2-4-6-10/h7-8,10H,1-6H2. The van der Waals surface area contributed by atoms with E-state index in [1.165, 1.54) is 23.7 Å². The van der Waals surface area contributed by atoms with Gasteiger partial charge in [0.2, 0.25) is 5.95 Å². The van der Waals surface area contributed by atoms with E-state index in [1.807, 2.05) is 0 Å². The van der Waals surface area contributed by atoms with E-state index < -0.39 is 5.95 Å². The molecule has 0 radical (unpaired) electrons. The first kappa shape index (κ1) is 10.3. The molecular weight excluding hydrogens is 195 g/mol. The van der Waals surface area contributed by atoms with Gasteiger partial charge in [-0.05, 0) is 12.8 Å². The molecule has 0 N–H and O–H groups in total. The van der Waals surface area contributed by atoms with Gasteiger partial charge in [0.05, 0.1) is 17.8 Å². The summed E-state index contributed by atoms with van der Waals surface area (Å²) < 4.78 is 15.0. The maximum Gasteiger partial charge on any atom is 0.222 e. The van der Waals surface area contributed by atoms with Crippen LogP contribution in [0.4, 0.5) is 4.39 Å². The molecule has 3 nitrogen and oxygen atoms in total. The quantitative estimate of drug-likeness (QED) is 0.555. The lowest BCUT2D eigenvalue weighted by Gasteiger charge is -2.14. The van der Waals surface area contributed by atoms with E-state index in [1.54, 1.807) is 0 Å². The van der Waals surface area contributed by atoms with Crippen LogP contribution < -0.4 is 0 Å². The third kappa shape index (κ3) is 2.08. The van der Waals surface area contributed by atoms with Crippen LogP contribution in [0.1, 0.15) is 54.9 Å². The second-order valence-corrected chi connectivity index (χ2v) is 4.10. The van der Waals surface area contributed by atoms with Crippen LogP contribution in [0.15, 0.2) is 6.20 Å². The highest BCUT2D eigenvalue weighted by molar-refractivity contribution is 5.73. The fourth-order valence-electron chi connectivity index (χ4n) is 2.20. The molecule has 4 heteroatoms. The monoisotopic (exact) mass is 210 g/mol. The van der Waals surface area contributed by atoms with Crippen LogP contribution in [-0.2, 0) is 0 Å². The van der Waals surface area contributed by atoms with Gasteiger partial charge >= 0.3 is 0 Å². The number of carbonyl (C=O) groups excluding carboxylic acids is 1. The Bertz CT molecular complexity index is 340. The first-order valence-electron chi connectivity index (χ1n) is 5.51. The number of aldehydes is 1. The Labute approximate surface area is 88.3 Å². The lowest BCUT2D eigenvalue weighted by molar-refractivity contribution is 0.111. The normalized spacial score (nSPS) is 18.7. The summed E-state index contributed by atoms with van der Waals surface area (Å²) in [6, 6.07) is 0.140. The van der Waals surface area contributed by atoms with Crippen LogP contribution in [-0.4, -0.2) is 16.1 Å². The molecule has 1 aromatic rings. The third-order valence-corrected chi connectivity index (χ3v) is 3.06. The van der Waals surface area contributed by atoms with Gasteiger partial charge < -0.3 is 0 Å². The van der Waals surface area contributed by atoms with E-state index >= 15 is 0 Å². The highest BCUT2D eigenvalue weighted by Crippen LogP contribution is 2.27. The van der Waals surface area contributed by atoms with Crippen LogP contribution in [0.3, 0.4) is 0 Å². The molecule has 1 heterocycles. The number of nitrogens with zero attached hydrogens (tertiary/aromatic N) is 2. The van der Waals surface area contributed by atoms with Gasteiger partial charge in [-0.3, -0.25) is 4.79 Å². The second-order valence-electron chi connectivity index (χ2n) is 4.10. The van der Waals surface area contributed by atoms with Gasteiger partial charge in [0.1, 0.15) is 0 Å². The van der Waals surface area contributed by atoms with Crippen LogP contribution in [0.5, 0.6) is 0 Å². The second kappa shape index (κ2) is 4.55. The molecule has 82 valence electrons. The minimum absolute atomic E-state index is 0.0687. The molecule has 0 saturated heterocycles. The molecule has 0 amide bonds. The van der Waals surface area contributed by atoms with Gasteiger partial charge in [-0.15, -0.1) is 0 Å². The number of aromatic nitrogens is 2. The molecule has 2 rings (SSSR count). The Hall–Kier alpha value is -1.19. The van der Waals surface area contributed by atoms with Crippen molar-refractivity contribution in [3.05, 3.63) is 17.7 Å². The van der Waals surface area contributed by atoms with E-state index in [9.17, 15) is 9.18 Å². The smallest absolute Gasteiger partial charge is 0.222 e. The summed E-state index contributed by atoms with van der Waals surface area (Å²) in [5.74, 6) is -0.475. The molecular formula is C11H15FN2O. The number of hydrogen-bond donors (Lipinski definition) is 0. The van der Waals surface area contributed by atoms with Gasteiger partial charge in [0.25, 0.3) is 0 Å². The van der Waals surface area contributed by atoms with Crippen molar-refractivity contribution < 1.29 is 9.18 Å². The van der Waals surface area contributed by atoms with Gasteiger partial charge in [0, 0.05) is 0 Å². The average Bonchev–Trinajstić information content (AvgIpc) is 2.49. The largest absolute Gasteiger partial charge is 0.298 e. The first-order valence-corrected chi connectivity index (χ1v) is 5.51. The Morgan fingerprint density at radius 1 is 1.33 bits per heavy atom. The summed E-state index contributed by atoms with van der Waals surface area (Å²) in [7, 11) is 0. The van der Waals surface area contributed by atoms with Crippen molar-refractivity contribution >= 4 is 6.29 Å². The van der Waals surface area contributed by atoms with E-state index in [0.29, 0.717) is 6.29 Å². The van der Waals surface area contributed by atoms with Crippen molar-refractivity contribution in [3.8, 4) is 0 Å². The summed E-state index contributed by atoms with van der Waals surface area (Å²) in [6.07, 6.45) is 8.47. The highest BCUT2D eigenvalue weighted by Gasteiger charge is 2.19. The van der Waals surface area contributed by atoms with E-state index in [0.717, 1.165) is 25.7 Å². The van der Waals surface area contributed by atoms with Crippen molar-refractivity contribution in [3.63, 3.8) is 0 Å². The predicted molar refractivity (Wildman–Crippen MR) is 54.3 cm³/mol. The molecule has 1 fully saturated rings. The molecule has 0 spiro atoms. The van der Waals surface area contributed by atoms with Crippen molar-refractivity contribution in [1.82, 2.24) is 9.78 Å². The first-order chi connectivity index (χ1) is 7.33. The Kier molecular flexibility index (Phi) is 3.14. The molecule has 0 aliphatic heterocycles. The third-order valence-electron chi connectivity index (χ3n) is 3.06. The van der Waals surface area contributed by atoms with Crippen molar-refractivity contribution in [1.29, 1.82) is 0 Å². The fraction of sp³-hybridized carbons (Fsp3) is 0.636. The van der Waals surface area contributed by atoms with Gasteiger partial charge in [-0.2, -0.15) is 9.49 Å². The van der Waals surface area contributed by atoms with Gasteiger partial charge in [-0.25, -0.2) is 4.68 Å². The molecule has 1 saturated carbocycles. The molecule has 1 aliphatic rings. The van der Waals surface area contributed by atoms with E-state index in [2.05, 4.69) is 5.10 Å². The molecule has 0 atom stereocenters. The summed E-state index contributed by atoms with van der Waals surface area (Å²) in [5.41, 5.74) is 0.0687. The highest BCUT2D eigenvalue weighted by atomic mass is 19.1. The maximum atomic E-state index is 13.6.